The van der Waals surface area contributed by atoms with Crippen molar-refractivity contribution in [1.29, 1.82) is 0 Å². The first-order chi connectivity index (χ1) is 15.6. The Labute approximate surface area is 185 Å². The molecule has 2 N–H and O–H groups in total. The molecule has 0 spiro atoms. The van der Waals surface area contributed by atoms with Crippen LogP contribution >= 0.6 is 0 Å². The van der Waals surface area contributed by atoms with E-state index in [1.807, 2.05) is 42.5 Å². The van der Waals surface area contributed by atoms with Crippen LogP contribution in [0.5, 0.6) is 0 Å². The van der Waals surface area contributed by atoms with E-state index in [2.05, 4.69) is 33.0 Å². The van der Waals surface area contributed by atoms with Crippen molar-refractivity contribution in [2.75, 3.05) is 10.6 Å². The number of nitrogens with one attached hydrogen (secondary N) is 2. The zero-order chi connectivity index (χ0) is 22.3. The molecular weight excluding hydrogens is 404 g/mol. The normalized spacial score (nSPS) is 10.5. The summed E-state index contributed by atoms with van der Waals surface area (Å²) in [6, 6.07) is 23.8. The molecule has 0 saturated carbocycles. The molecule has 0 aliphatic heterocycles. The van der Waals surface area contributed by atoms with Crippen LogP contribution in [0.15, 0.2) is 78.9 Å². The Hall–Kier alpha value is -4.33. The number of carbonyl (C=O) groups is 2. The maximum atomic E-state index is 12.5. The van der Waals surface area contributed by atoms with E-state index in [9.17, 15) is 9.59 Å². The first kappa shape index (κ1) is 20.9. The smallest absolute Gasteiger partial charge is 0.255 e. The third-order valence-corrected chi connectivity index (χ3v) is 4.84. The average molecular weight is 426 g/mol. The molecule has 3 aromatic carbocycles. The van der Waals surface area contributed by atoms with Crippen molar-refractivity contribution in [2.24, 2.45) is 0 Å². The third-order valence-electron chi connectivity index (χ3n) is 4.84. The van der Waals surface area contributed by atoms with Crippen LogP contribution in [0.3, 0.4) is 0 Å². The van der Waals surface area contributed by atoms with Gasteiger partial charge in [0, 0.05) is 16.8 Å². The van der Waals surface area contributed by atoms with Crippen molar-refractivity contribution in [3.05, 3.63) is 90.0 Å². The maximum Gasteiger partial charge on any atom is 0.255 e. The molecule has 1 aromatic heterocycles. The van der Waals surface area contributed by atoms with Crippen molar-refractivity contribution in [2.45, 2.75) is 19.9 Å². The van der Waals surface area contributed by atoms with E-state index < -0.39 is 0 Å². The standard InChI is InChI=1S/C24H22N6O2/c1-2-17-12-14-19(15-13-17)25-22(31)16-30-28-23(27-29-30)20-10-6-7-11-21(20)26-24(32)18-8-4-3-5-9-18/h3-15H,2,16H2,1H3,(H,25,31)(H,26,32). The van der Waals surface area contributed by atoms with Crippen LogP contribution in [0.2, 0.25) is 0 Å². The second-order valence-electron chi connectivity index (χ2n) is 7.11. The minimum atomic E-state index is -0.260. The SMILES string of the molecule is CCc1ccc(NC(=O)Cn2nnc(-c3ccccc3NC(=O)c3ccccc3)n2)cc1. The van der Waals surface area contributed by atoms with E-state index in [0.29, 0.717) is 28.3 Å². The second kappa shape index (κ2) is 9.65. The third kappa shape index (κ3) is 5.04. The number of nitrogens with zero attached hydrogens (tertiary/aromatic N) is 4. The summed E-state index contributed by atoms with van der Waals surface area (Å²) in [6.45, 7) is 1.99. The Kier molecular flexibility index (Phi) is 6.31. The highest BCUT2D eigenvalue weighted by molar-refractivity contribution is 6.06. The van der Waals surface area contributed by atoms with Crippen molar-refractivity contribution in [1.82, 2.24) is 20.2 Å². The Morgan fingerprint density at radius 2 is 1.59 bits per heavy atom. The van der Waals surface area contributed by atoms with E-state index in [0.717, 1.165) is 6.42 Å². The molecule has 0 atom stereocenters. The topological polar surface area (TPSA) is 102 Å². The van der Waals surface area contributed by atoms with Gasteiger partial charge in [0.05, 0.1) is 5.69 Å². The van der Waals surface area contributed by atoms with Crippen molar-refractivity contribution < 1.29 is 9.59 Å². The monoisotopic (exact) mass is 426 g/mol. The van der Waals surface area contributed by atoms with Gasteiger partial charge in [0.15, 0.2) is 0 Å². The summed E-state index contributed by atoms with van der Waals surface area (Å²) < 4.78 is 0. The Morgan fingerprint density at radius 1 is 0.875 bits per heavy atom. The Bertz CT molecular complexity index is 1220. The summed E-state index contributed by atoms with van der Waals surface area (Å²) in [7, 11) is 0. The molecule has 0 radical (unpaired) electrons. The summed E-state index contributed by atoms with van der Waals surface area (Å²) in [4.78, 5) is 26.1. The Morgan fingerprint density at radius 3 is 2.34 bits per heavy atom. The predicted molar refractivity (Wildman–Crippen MR) is 122 cm³/mol. The molecule has 0 saturated heterocycles. The molecule has 0 aliphatic carbocycles. The largest absolute Gasteiger partial charge is 0.324 e. The molecule has 4 aromatic rings. The summed E-state index contributed by atoms with van der Waals surface area (Å²) in [6.07, 6.45) is 0.938. The van der Waals surface area contributed by atoms with Gasteiger partial charge in [-0.15, -0.1) is 10.2 Å². The number of carbonyl (C=O) groups excluding carboxylic acids is 2. The molecule has 160 valence electrons. The lowest BCUT2D eigenvalue weighted by Crippen LogP contribution is -2.20. The molecule has 8 nitrogen and oxygen atoms in total. The van der Waals surface area contributed by atoms with Gasteiger partial charge in [-0.25, -0.2) is 0 Å². The molecule has 2 amide bonds. The molecule has 0 aliphatic rings. The van der Waals surface area contributed by atoms with Gasteiger partial charge in [-0.1, -0.05) is 49.4 Å². The van der Waals surface area contributed by atoms with E-state index in [-0.39, 0.29) is 18.4 Å². The van der Waals surface area contributed by atoms with E-state index >= 15 is 0 Å². The highest BCUT2D eigenvalue weighted by Gasteiger charge is 2.15. The van der Waals surface area contributed by atoms with E-state index in [1.165, 1.54) is 10.4 Å². The molecule has 8 heteroatoms. The molecule has 1 heterocycles. The van der Waals surface area contributed by atoms with Gasteiger partial charge in [0.2, 0.25) is 11.7 Å². The summed E-state index contributed by atoms with van der Waals surface area (Å²) in [5, 5.41) is 18.1. The van der Waals surface area contributed by atoms with Gasteiger partial charge in [-0.2, -0.15) is 4.80 Å². The maximum absolute atomic E-state index is 12.5. The minimum absolute atomic E-state index is 0.0823. The van der Waals surface area contributed by atoms with Gasteiger partial charge in [0.25, 0.3) is 5.91 Å². The number of amides is 2. The number of para-hydroxylation sites is 1. The van der Waals surface area contributed by atoms with Crippen LogP contribution in [-0.2, 0) is 17.8 Å². The molecule has 0 unspecified atom stereocenters. The lowest BCUT2D eigenvalue weighted by Gasteiger charge is -2.08. The molecular formula is C24H22N6O2. The van der Waals surface area contributed by atoms with Crippen LogP contribution in [0.25, 0.3) is 11.4 Å². The van der Waals surface area contributed by atoms with E-state index in [4.69, 9.17) is 0 Å². The fraction of sp³-hybridized carbons (Fsp3) is 0.125. The minimum Gasteiger partial charge on any atom is -0.324 e. The molecule has 0 bridgehead atoms. The van der Waals surface area contributed by atoms with Crippen LogP contribution in [0, 0.1) is 0 Å². The number of hydrogen-bond donors (Lipinski definition) is 2. The van der Waals surface area contributed by atoms with Crippen molar-refractivity contribution in [3.63, 3.8) is 0 Å². The fourth-order valence-corrected chi connectivity index (χ4v) is 3.14. The van der Waals surface area contributed by atoms with Crippen molar-refractivity contribution >= 4 is 23.2 Å². The number of rotatable bonds is 7. The molecule has 4 rings (SSSR count). The van der Waals surface area contributed by atoms with Crippen LogP contribution < -0.4 is 10.6 Å². The first-order valence-electron chi connectivity index (χ1n) is 10.2. The second-order valence-corrected chi connectivity index (χ2v) is 7.11. The number of hydrogen-bond acceptors (Lipinski definition) is 5. The van der Waals surface area contributed by atoms with Gasteiger partial charge >= 0.3 is 0 Å². The summed E-state index contributed by atoms with van der Waals surface area (Å²) in [5.41, 5.74) is 3.62. The average Bonchev–Trinajstić information content (AvgIpc) is 3.28. The van der Waals surface area contributed by atoms with E-state index in [1.54, 1.807) is 36.4 Å². The zero-order valence-electron chi connectivity index (χ0n) is 17.5. The zero-order valence-corrected chi connectivity index (χ0v) is 17.5. The number of benzene rings is 3. The fourth-order valence-electron chi connectivity index (χ4n) is 3.14. The highest BCUT2D eigenvalue weighted by atomic mass is 16.2. The first-order valence-corrected chi connectivity index (χ1v) is 10.2. The number of tetrazole rings is 1. The summed E-state index contributed by atoms with van der Waals surface area (Å²) in [5.74, 6) is -0.183. The predicted octanol–water partition coefficient (Wildman–Crippen LogP) is 3.79. The number of aromatic nitrogens is 4. The quantitative estimate of drug-likeness (QED) is 0.468. The lowest BCUT2D eigenvalue weighted by atomic mass is 10.1. The van der Waals surface area contributed by atoms with Gasteiger partial charge < -0.3 is 10.6 Å². The van der Waals surface area contributed by atoms with Crippen molar-refractivity contribution in [3.8, 4) is 11.4 Å². The van der Waals surface area contributed by atoms with Crippen LogP contribution in [-0.4, -0.2) is 32.0 Å². The highest BCUT2D eigenvalue weighted by Crippen LogP contribution is 2.24. The van der Waals surface area contributed by atoms with Gasteiger partial charge in [-0.3, -0.25) is 9.59 Å². The van der Waals surface area contributed by atoms with Gasteiger partial charge in [0.1, 0.15) is 6.54 Å². The molecule has 32 heavy (non-hydrogen) atoms. The lowest BCUT2D eigenvalue weighted by molar-refractivity contribution is -0.117. The number of anilines is 2. The van der Waals surface area contributed by atoms with Gasteiger partial charge in [-0.05, 0) is 53.6 Å². The summed E-state index contributed by atoms with van der Waals surface area (Å²) >= 11 is 0. The van der Waals surface area contributed by atoms with Crippen LogP contribution in [0.4, 0.5) is 11.4 Å². The molecule has 0 fully saturated rings. The number of aryl methyl sites for hydroxylation is 1. The van der Waals surface area contributed by atoms with Crippen LogP contribution in [0.1, 0.15) is 22.8 Å². The Balaban J connectivity index is 1.45.